The highest BCUT2D eigenvalue weighted by Crippen LogP contribution is 2.25. The van der Waals surface area contributed by atoms with Crippen LogP contribution in [-0.4, -0.2) is 55.3 Å². The fraction of sp³-hybridized carbons (Fsp3) is 0.846. The molecule has 5 nitrogen and oxygen atoms in total. The molecule has 2 N–H and O–H groups in total. The van der Waals surface area contributed by atoms with E-state index in [-0.39, 0.29) is 17.9 Å². The smallest absolute Gasteiger partial charge is 0.228 e. The van der Waals surface area contributed by atoms with E-state index >= 15 is 0 Å². The molecular formula is C13H24N2O3S. The van der Waals surface area contributed by atoms with Crippen LogP contribution >= 0.6 is 12.2 Å². The third-order valence-corrected chi connectivity index (χ3v) is 3.64. The molecule has 1 rings (SSSR count). The summed E-state index contributed by atoms with van der Waals surface area (Å²) in [7, 11) is 1.63. The van der Waals surface area contributed by atoms with Gasteiger partial charge >= 0.3 is 0 Å². The Morgan fingerprint density at radius 2 is 2.26 bits per heavy atom. The van der Waals surface area contributed by atoms with Gasteiger partial charge in [0, 0.05) is 33.2 Å². The average Bonchev–Trinajstić information content (AvgIpc) is 2.86. The van der Waals surface area contributed by atoms with Gasteiger partial charge in [-0.1, -0.05) is 19.1 Å². The number of thiocarbonyl (C=S) groups is 1. The van der Waals surface area contributed by atoms with Crippen LogP contribution in [-0.2, 0) is 14.3 Å². The van der Waals surface area contributed by atoms with E-state index in [0.29, 0.717) is 37.7 Å². The summed E-state index contributed by atoms with van der Waals surface area (Å²) in [6.07, 6.45) is 2.26. The molecule has 2 unspecified atom stereocenters. The second-order valence-electron chi connectivity index (χ2n) is 4.75. The Labute approximate surface area is 120 Å². The van der Waals surface area contributed by atoms with Crippen molar-refractivity contribution in [3.05, 3.63) is 0 Å². The quantitative estimate of drug-likeness (QED) is 0.674. The van der Waals surface area contributed by atoms with Gasteiger partial charge in [0.2, 0.25) is 5.91 Å². The lowest BCUT2D eigenvalue weighted by atomic mass is 9.98. The van der Waals surface area contributed by atoms with Crippen LogP contribution in [0.3, 0.4) is 0 Å². The molecule has 110 valence electrons. The van der Waals surface area contributed by atoms with E-state index in [9.17, 15) is 4.79 Å². The van der Waals surface area contributed by atoms with E-state index in [2.05, 4.69) is 0 Å². The van der Waals surface area contributed by atoms with Gasteiger partial charge in [-0.3, -0.25) is 4.79 Å². The number of rotatable bonds is 8. The largest absolute Gasteiger partial charge is 0.393 e. The molecule has 0 radical (unpaired) electrons. The number of amides is 1. The number of nitrogens with two attached hydrogens (primary N) is 1. The van der Waals surface area contributed by atoms with Crippen LogP contribution < -0.4 is 5.73 Å². The van der Waals surface area contributed by atoms with Crippen molar-refractivity contribution >= 4 is 23.1 Å². The van der Waals surface area contributed by atoms with E-state index < -0.39 is 0 Å². The molecular weight excluding hydrogens is 264 g/mol. The van der Waals surface area contributed by atoms with Crippen LogP contribution in [0.1, 0.15) is 26.2 Å². The topological polar surface area (TPSA) is 64.8 Å². The highest BCUT2D eigenvalue weighted by atomic mass is 32.1. The van der Waals surface area contributed by atoms with Crippen molar-refractivity contribution in [2.24, 2.45) is 11.7 Å². The van der Waals surface area contributed by atoms with Crippen molar-refractivity contribution in [2.75, 3.05) is 33.4 Å². The second kappa shape index (κ2) is 8.45. The van der Waals surface area contributed by atoms with Crippen LogP contribution in [0, 0.1) is 5.92 Å². The summed E-state index contributed by atoms with van der Waals surface area (Å²) in [5.74, 6) is 0.103. The number of methoxy groups -OCH3 is 1. The Hall–Kier alpha value is -0.720. The van der Waals surface area contributed by atoms with Crippen LogP contribution in [0.15, 0.2) is 0 Å². The van der Waals surface area contributed by atoms with E-state index in [1.807, 2.05) is 6.92 Å². The monoisotopic (exact) mass is 288 g/mol. The van der Waals surface area contributed by atoms with Crippen LogP contribution in [0.25, 0.3) is 0 Å². The zero-order chi connectivity index (χ0) is 14.3. The van der Waals surface area contributed by atoms with Gasteiger partial charge in [0.05, 0.1) is 23.6 Å². The Morgan fingerprint density at radius 1 is 1.53 bits per heavy atom. The van der Waals surface area contributed by atoms with Crippen molar-refractivity contribution in [2.45, 2.75) is 32.3 Å². The number of carbonyl (C=O) groups is 1. The number of nitrogens with zero attached hydrogens (tertiary/aromatic N) is 1. The first-order valence-corrected chi connectivity index (χ1v) is 7.18. The predicted molar refractivity (Wildman–Crippen MR) is 78.0 cm³/mol. The molecule has 0 aromatic carbocycles. The normalized spacial score (nSPS) is 22.4. The highest BCUT2D eigenvalue weighted by Gasteiger charge is 2.35. The molecule has 0 spiro atoms. The molecule has 0 aliphatic carbocycles. The van der Waals surface area contributed by atoms with Gasteiger partial charge in [0.25, 0.3) is 0 Å². The summed E-state index contributed by atoms with van der Waals surface area (Å²) < 4.78 is 10.6. The highest BCUT2D eigenvalue weighted by molar-refractivity contribution is 7.80. The Bertz CT molecular complexity index is 312. The van der Waals surface area contributed by atoms with Gasteiger partial charge in [0.1, 0.15) is 0 Å². The lowest BCUT2D eigenvalue weighted by Crippen LogP contribution is -2.42. The van der Waals surface area contributed by atoms with Crippen LogP contribution in [0.2, 0.25) is 0 Å². The van der Waals surface area contributed by atoms with Crippen molar-refractivity contribution < 1.29 is 14.3 Å². The van der Waals surface area contributed by atoms with E-state index in [4.69, 9.17) is 27.4 Å². The minimum Gasteiger partial charge on any atom is -0.393 e. The van der Waals surface area contributed by atoms with Gasteiger partial charge in [-0.05, 0) is 12.8 Å². The first-order chi connectivity index (χ1) is 9.10. The lowest BCUT2D eigenvalue weighted by molar-refractivity contribution is -0.137. The second-order valence-corrected chi connectivity index (χ2v) is 5.27. The fourth-order valence-electron chi connectivity index (χ4n) is 2.35. The summed E-state index contributed by atoms with van der Waals surface area (Å²) >= 11 is 4.88. The number of carbonyl (C=O) groups excluding carboxylic acids is 1. The Kier molecular flexibility index (Phi) is 7.27. The van der Waals surface area contributed by atoms with Gasteiger partial charge in [0.15, 0.2) is 0 Å². The van der Waals surface area contributed by atoms with E-state index in [1.54, 1.807) is 12.0 Å². The molecule has 0 aromatic rings. The molecule has 1 fully saturated rings. The number of hydrogen-bond donors (Lipinski definition) is 1. The van der Waals surface area contributed by atoms with Crippen molar-refractivity contribution in [1.29, 1.82) is 0 Å². The Balaban J connectivity index is 2.61. The zero-order valence-corrected chi connectivity index (χ0v) is 12.6. The van der Waals surface area contributed by atoms with E-state index in [0.717, 1.165) is 12.8 Å². The summed E-state index contributed by atoms with van der Waals surface area (Å²) in [5.41, 5.74) is 5.51. The van der Waals surface area contributed by atoms with Gasteiger partial charge < -0.3 is 20.1 Å². The first-order valence-electron chi connectivity index (χ1n) is 6.77. The van der Waals surface area contributed by atoms with E-state index in [1.165, 1.54) is 0 Å². The standard InChI is InChI=1S/C13H24N2O3S/c1-3-11-10(5-8-18-11)13(16)15(7-9-17-2)6-4-12(14)19/h10-11H,3-9H2,1-2H3,(H2,14,19). The maximum atomic E-state index is 12.5. The average molecular weight is 288 g/mol. The third-order valence-electron chi connectivity index (χ3n) is 3.43. The minimum absolute atomic E-state index is 0.0341. The first kappa shape index (κ1) is 16.3. The molecule has 0 aromatic heterocycles. The SMILES string of the molecule is CCC1OCCC1C(=O)N(CCOC)CCC(N)=S. The molecule has 1 amide bonds. The Morgan fingerprint density at radius 3 is 2.84 bits per heavy atom. The number of hydrogen-bond acceptors (Lipinski definition) is 4. The lowest BCUT2D eigenvalue weighted by Gasteiger charge is -2.27. The van der Waals surface area contributed by atoms with Crippen molar-refractivity contribution in [3.8, 4) is 0 Å². The minimum atomic E-state index is -0.0341. The molecule has 1 saturated heterocycles. The molecule has 1 heterocycles. The molecule has 19 heavy (non-hydrogen) atoms. The summed E-state index contributed by atoms with van der Waals surface area (Å²) in [4.78, 5) is 14.8. The number of ether oxygens (including phenoxy) is 2. The van der Waals surface area contributed by atoms with Gasteiger partial charge in [-0.25, -0.2) is 0 Å². The maximum Gasteiger partial charge on any atom is 0.228 e. The summed E-state index contributed by atoms with van der Waals surface area (Å²) in [6, 6.07) is 0. The van der Waals surface area contributed by atoms with Crippen molar-refractivity contribution in [3.63, 3.8) is 0 Å². The molecule has 1 aliphatic heterocycles. The molecule has 0 saturated carbocycles. The summed E-state index contributed by atoms with van der Waals surface area (Å²) in [5, 5.41) is 0. The molecule has 2 atom stereocenters. The molecule has 0 bridgehead atoms. The molecule has 6 heteroatoms. The molecule has 1 aliphatic rings. The third kappa shape index (κ3) is 5.04. The zero-order valence-electron chi connectivity index (χ0n) is 11.8. The van der Waals surface area contributed by atoms with Gasteiger partial charge in [-0.15, -0.1) is 0 Å². The van der Waals surface area contributed by atoms with Crippen LogP contribution in [0.5, 0.6) is 0 Å². The predicted octanol–water partition coefficient (Wildman–Crippen LogP) is 0.953. The maximum absolute atomic E-state index is 12.5. The van der Waals surface area contributed by atoms with Crippen molar-refractivity contribution in [1.82, 2.24) is 4.90 Å². The fourth-order valence-corrected chi connectivity index (χ4v) is 2.44. The summed E-state index contributed by atoms with van der Waals surface area (Å²) in [6.45, 7) is 4.37. The van der Waals surface area contributed by atoms with Gasteiger partial charge in [-0.2, -0.15) is 0 Å². The van der Waals surface area contributed by atoms with Crippen LogP contribution in [0.4, 0.5) is 0 Å².